The number of hydrogen-bond acceptors (Lipinski definition) is 2. The fourth-order valence-corrected chi connectivity index (χ4v) is 2.36. The van der Waals surface area contributed by atoms with Crippen molar-refractivity contribution in [3.05, 3.63) is 34.9 Å². The maximum absolute atomic E-state index is 5.86. The molecule has 0 aromatic heterocycles. The Hall–Kier alpha value is -0.860. The van der Waals surface area contributed by atoms with Crippen LogP contribution >= 0.6 is 0 Å². The summed E-state index contributed by atoms with van der Waals surface area (Å²) in [6, 6.07) is 7.04. The zero-order valence-corrected chi connectivity index (χ0v) is 12.5. The van der Waals surface area contributed by atoms with Crippen LogP contribution in [0.25, 0.3) is 0 Å². The van der Waals surface area contributed by atoms with E-state index in [4.69, 9.17) is 4.74 Å². The smallest absolute Gasteiger partial charge is 0.0661 e. The van der Waals surface area contributed by atoms with Crippen LogP contribution in [0, 0.1) is 19.8 Å². The minimum absolute atomic E-state index is 0.323. The molecule has 1 aliphatic rings. The van der Waals surface area contributed by atoms with E-state index in [0.717, 1.165) is 25.7 Å². The van der Waals surface area contributed by atoms with Gasteiger partial charge < -0.3 is 10.1 Å². The summed E-state index contributed by atoms with van der Waals surface area (Å²) in [7, 11) is 0. The minimum atomic E-state index is 0.323. The van der Waals surface area contributed by atoms with Crippen molar-refractivity contribution in [3.8, 4) is 0 Å². The molecule has 2 rings (SSSR count). The molecule has 1 atom stereocenters. The van der Waals surface area contributed by atoms with Crippen LogP contribution in [0.2, 0.25) is 0 Å². The highest BCUT2D eigenvalue weighted by Gasteiger charge is 2.20. The number of aryl methyl sites for hydroxylation is 2. The Balaban J connectivity index is 1.87. The molecule has 1 aromatic rings. The first-order chi connectivity index (χ1) is 9.20. The molecule has 2 nitrogen and oxygen atoms in total. The van der Waals surface area contributed by atoms with Crippen LogP contribution in [0.5, 0.6) is 0 Å². The van der Waals surface area contributed by atoms with Gasteiger partial charge in [-0.15, -0.1) is 0 Å². The molecule has 0 spiro atoms. The lowest BCUT2D eigenvalue weighted by molar-refractivity contribution is 0.107. The highest BCUT2D eigenvalue weighted by Crippen LogP contribution is 2.32. The van der Waals surface area contributed by atoms with E-state index in [1.54, 1.807) is 0 Å². The van der Waals surface area contributed by atoms with Crippen molar-refractivity contribution in [1.29, 1.82) is 0 Å². The van der Waals surface area contributed by atoms with Gasteiger partial charge in [-0.25, -0.2) is 0 Å². The van der Waals surface area contributed by atoms with E-state index < -0.39 is 0 Å². The van der Waals surface area contributed by atoms with Crippen LogP contribution in [0.3, 0.4) is 0 Å². The largest absolute Gasteiger partial charge is 0.379 e. The normalized spacial score (nSPS) is 16.6. The molecule has 0 bridgehead atoms. The molecule has 0 amide bonds. The molecule has 0 saturated heterocycles. The second-order valence-electron chi connectivity index (χ2n) is 5.76. The number of ether oxygens (including phenoxy) is 1. The predicted octanol–water partition coefficient (Wildman–Crippen LogP) is 3.77. The van der Waals surface area contributed by atoms with Crippen molar-refractivity contribution in [2.45, 2.75) is 46.1 Å². The average Bonchev–Trinajstić information content (AvgIpc) is 3.21. The zero-order valence-electron chi connectivity index (χ0n) is 12.5. The molecule has 1 aromatic carbocycles. The molecule has 0 heterocycles. The lowest BCUT2D eigenvalue weighted by Crippen LogP contribution is -2.25. The Morgan fingerprint density at radius 3 is 2.68 bits per heavy atom. The van der Waals surface area contributed by atoms with E-state index >= 15 is 0 Å². The predicted molar refractivity (Wildman–Crippen MR) is 80.5 cm³/mol. The topological polar surface area (TPSA) is 21.3 Å². The van der Waals surface area contributed by atoms with E-state index in [0.29, 0.717) is 6.04 Å². The molecule has 1 aliphatic carbocycles. The Bertz CT molecular complexity index is 398. The lowest BCUT2D eigenvalue weighted by Gasteiger charge is -2.19. The van der Waals surface area contributed by atoms with Crippen LogP contribution in [0.15, 0.2) is 18.2 Å². The van der Waals surface area contributed by atoms with E-state index in [-0.39, 0.29) is 0 Å². The average molecular weight is 261 g/mol. The van der Waals surface area contributed by atoms with Crippen LogP contribution in [-0.2, 0) is 4.74 Å². The molecule has 1 N–H and O–H groups in total. The monoisotopic (exact) mass is 261 g/mol. The van der Waals surface area contributed by atoms with Gasteiger partial charge in [0, 0.05) is 6.61 Å². The van der Waals surface area contributed by atoms with Crippen molar-refractivity contribution in [2.24, 2.45) is 5.92 Å². The fourth-order valence-electron chi connectivity index (χ4n) is 2.36. The van der Waals surface area contributed by atoms with Gasteiger partial charge in [-0.3, -0.25) is 0 Å². The number of rotatable bonds is 8. The molecule has 2 heteroatoms. The number of nitrogens with one attached hydrogen (secondary N) is 1. The van der Waals surface area contributed by atoms with Crippen LogP contribution in [-0.4, -0.2) is 19.8 Å². The van der Waals surface area contributed by atoms with E-state index in [2.05, 4.69) is 44.3 Å². The number of likely N-dealkylation sites (N-methyl/N-ethyl adjacent to an activating group) is 1. The van der Waals surface area contributed by atoms with Gasteiger partial charge in [0.25, 0.3) is 0 Å². The third-order valence-electron chi connectivity index (χ3n) is 4.04. The highest BCUT2D eigenvalue weighted by molar-refractivity contribution is 5.31. The first-order valence-electron chi connectivity index (χ1n) is 7.59. The Morgan fingerprint density at radius 2 is 2.05 bits per heavy atom. The summed E-state index contributed by atoms with van der Waals surface area (Å²) in [5, 5.41) is 3.52. The summed E-state index contributed by atoms with van der Waals surface area (Å²) in [5.41, 5.74) is 4.06. The van der Waals surface area contributed by atoms with Gasteiger partial charge in [0.2, 0.25) is 0 Å². The summed E-state index contributed by atoms with van der Waals surface area (Å²) in [4.78, 5) is 0. The van der Waals surface area contributed by atoms with Gasteiger partial charge in [0.1, 0.15) is 0 Å². The van der Waals surface area contributed by atoms with Crippen LogP contribution in [0.4, 0.5) is 0 Å². The summed E-state index contributed by atoms with van der Waals surface area (Å²) >= 11 is 0. The third kappa shape index (κ3) is 4.63. The molecular formula is C17H27NO. The van der Waals surface area contributed by atoms with Gasteiger partial charge in [0.15, 0.2) is 0 Å². The summed E-state index contributed by atoms with van der Waals surface area (Å²) in [5.74, 6) is 0.958. The minimum Gasteiger partial charge on any atom is -0.379 e. The molecule has 19 heavy (non-hydrogen) atoms. The molecule has 1 fully saturated rings. The summed E-state index contributed by atoms with van der Waals surface area (Å²) in [6.45, 7) is 9.16. The molecule has 1 unspecified atom stereocenters. The summed E-state index contributed by atoms with van der Waals surface area (Å²) < 4.78 is 5.86. The number of hydrogen-bond donors (Lipinski definition) is 1. The standard InChI is InChI=1S/C17H27NO/c1-4-18-17(12-19-10-9-15-6-7-15)16-8-5-13(2)14(3)11-16/h5,8,11,15,17-18H,4,6-7,9-10,12H2,1-3H3. The van der Waals surface area contributed by atoms with Crippen molar-refractivity contribution in [3.63, 3.8) is 0 Å². The summed E-state index contributed by atoms with van der Waals surface area (Å²) in [6.07, 6.45) is 4.07. The molecule has 0 aliphatic heterocycles. The van der Waals surface area contributed by atoms with E-state index in [1.807, 2.05) is 0 Å². The van der Waals surface area contributed by atoms with E-state index in [9.17, 15) is 0 Å². The van der Waals surface area contributed by atoms with Crippen molar-refractivity contribution in [1.82, 2.24) is 5.32 Å². The molecule has 106 valence electrons. The Labute approximate surface area is 117 Å². The van der Waals surface area contributed by atoms with Crippen LogP contribution in [0.1, 0.15) is 48.9 Å². The molecule has 0 radical (unpaired) electrons. The maximum atomic E-state index is 5.86. The first-order valence-corrected chi connectivity index (χ1v) is 7.59. The fraction of sp³-hybridized carbons (Fsp3) is 0.647. The second-order valence-corrected chi connectivity index (χ2v) is 5.76. The third-order valence-corrected chi connectivity index (χ3v) is 4.04. The Kier molecular flexibility index (Phi) is 5.41. The highest BCUT2D eigenvalue weighted by atomic mass is 16.5. The quantitative estimate of drug-likeness (QED) is 0.719. The van der Waals surface area contributed by atoms with Crippen LogP contribution < -0.4 is 5.32 Å². The van der Waals surface area contributed by atoms with Crippen molar-refractivity contribution in [2.75, 3.05) is 19.8 Å². The van der Waals surface area contributed by atoms with E-state index in [1.165, 1.54) is 36.0 Å². The van der Waals surface area contributed by atoms with Gasteiger partial charge in [0.05, 0.1) is 12.6 Å². The van der Waals surface area contributed by atoms with Crippen molar-refractivity contribution >= 4 is 0 Å². The zero-order chi connectivity index (χ0) is 13.7. The Morgan fingerprint density at radius 1 is 1.26 bits per heavy atom. The van der Waals surface area contributed by atoms with Gasteiger partial charge in [-0.1, -0.05) is 38.0 Å². The molecular weight excluding hydrogens is 234 g/mol. The molecule has 1 saturated carbocycles. The van der Waals surface area contributed by atoms with Gasteiger partial charge >= 0.3 is 0 Å². The van der Waals surface area contributed by atoms with Gasteiger partial charge in [-0.2, -0.15) is 0 Å². The second kappa shape index (κ2) is 7.06. The lowest BCUT2D eigenvalue weighted by atomic mass is 10.0. The first kappa shape index (κ1) is 14.5. The SMILES string of the molecule is CCNC(COCCC1CC1)c1ccc(C)c(C)c1. The maximum Gasteiger partial charge on any atom is 0.0661 e. The van der Waals surface area contributed by atoms with Crippen molar-refractivity contribution < 1.29 is 4.74 Å². The number of benzene rings is 1. The van der Waals surface area contributed by atoms with Gasteiger partial charge in [-0.05, 0) is 49.4 Å².